The minimum absolute atomic E-state index is 0.00587. The Kier molecular flexibility index (Phi) is 8.92. The summed E-state index contributed by atoms with van der Waals surface area (Å²) in [5.74, 6) is 2.98. The van der Waals surface area contributed by atoms with Crippen molar-refractivity contribution in [1.29, 1.82) is 0 Å². The summed E-state index contributed by atoms with van der Waals surface area (Å²) in [6.07, 6.45) is 19.1. The van der Waals surface area contributed by atoms with Crippen molar-refractivity contribution < 1.29 is 4.74 Å². The van der Waals surface area contributed by atoms with E-state index in [2.05, 4.69) is 153 Å². The summed E-state index contributed by atoms with van der Waals surface area (Å²) in [5.41, 5.74) is 11.1. The normalized spacial score (nSPS) is 16.1. The van der Waals surface area contributed by atoms with Gasteiger partial charge in [-0.1, -0.05) is 87.6 Å². The van der Waals surface area contributed by atoms with Crippen molar-refractivity contribution in [3.05, 3.63) is 163 Å². The van der Waals surface area contributed by atoms with Gasteiger partial charge in [0, 0.05) is 46.7 Å². The van der Waals surface area contributed by atoms with Crippen molar-refractivity contribution in [2.45, 2.75) is 65.2 Å². The number of anilines is 2. The van der Waals surface area contributed by atoms with Gasteiger partial charge in [0.2, 0.25) is 0 Å². The molecule has 0 fully saturated rings. The highest BCUT2D eigenvalue weighted by Gasteiger charge is 2.22. The maximum Gasteiger partial charge on any atom is 0.137 e. The molecule has 260 valence electrons. The van der Waals surface area contributed by atoms with Crippen LogP contribution >= 0.6 is 0 Å². The number of rotatable bonds is 8. The van der Waals surface area contributed by atoms with Gasteiger partial charge in [-0.3, -0.25) is 4.57 Å². The number of allylic oxidation sites excluding steroid dienone is 6. The Bertz CT molecular complexity index is 2400. The van der Waals surface area contributed by atoms with Crippen LogP contribution in [-0.4, -0.2) is 9.55 Å². The number of hydrogen-bond donors (Lipinski definition) is 0. The number of nitrogens with zero attached hydrogens (tertiary/aromatic N) is 3. The van der Waals surface area contributed by atoms with Crippen LogP contribution in [0.25, 0.3) is 33.2 Å². The first-order valence-electron chi connectivity index (χ1n) is 18.6. The molecule has 2 aromatic heterocycles. The van der Waals surface area contributed by atoms with Gasteiger partial charge in [-0.2, -0.15) is 0 Å². The molecule has 0 saturated carbocycles. The monoisotopic (exact) mass is 681 g/mol. The van der Waals surface area contributed by atoms with Crippen molar-refractivity contribution in [3.63, 3.8) is 0 Å². The summed E-state index contributed by atoms with van der Waals surface area (Å²) in [7, 11) is 0. The van der Waals surface area contributed by atoms with E-state index in [1.54, 1.807) is 5.57 Å². The Morgan fingerprint density at radius 2 is 1.73 bits per heavy atom. The average molecular weight is 682 g/mol. The van der Waals surface area contributed by atoms with Gasteiger partial charge in [0.05, 0.1) is 11.0 Å². The van der Waals surface area contributed by atoms with Crippen LogP contribution in [0, 0.1) is 12.8 Å². The van der Waals surface area contributed by atoms with E-state index in [0.29, 0.717) is 5.92 Å². The van der Waals surface area contributed by atoms with Crippen molar-refractivity contribution in [1.82, 2.24) is 9.55 Å². The van der Waals surface area contributed by atoms with Gasteiger partial charge in [0.25, 0.3) is 0 Å². The van der Waals surface area contributed by atoms with Crippen molar-refractivity contribution in [2.24, 2.45) is 5.92 Å². The fourth-order valence-corrected chi connectivity index (χ4v) is 7.91. The Balaban J connectivity index is 1.22. The maximum absolute atomic E-state index is 6.63. The number of ether oxygens (including phenoxy) is 1. The summed E-state index contributed by atoms with van der Waals surface area (Å²) in [4.78, 5) is 7.04. The SMILES string of the molecule is C=CN(c1cccc(Oc2ccc3c4cc(C5=CC(C6=CC=CCC6)CCC5)ccc4n(-c4cc(C(C)(C)C)ccn4)c3c2)c1)c1ccccc1C. The Morgan fingerprint density at radius 3 is 2.54 bits per heavy atom. The molecular formula is C48H47N3O. The Morgan fingerprint density at radius 1 is 0.865 bits per heavy atom. The van der Waals surface area contributed by atoms with Gasteiger partial charge in [-0.15, -0.1) is 0 Å². The van der Waals surface area contributed by atoms with Gasteiger partial charge >= 0.3 is 0 Å². The van der Waals surface area contributed by atoms with Gasteiger partial charge in [-0.25, -0.2) is 4.98 Å². The van der Waals surface area contributed by atoms with Crippen LogP contribution in [0.4, 0.5) is 11.4 Å². The number of pyridine rings is 1. The summed E-state index contributed by atoms with van der Waals surface area (Å²) < 4.78 is 8.93. The Labute approximate surface area is 308 Å². The molecule has 0 N–H and O–H groups in total. The molecule has 8 rings (SSSR count). The van der Waals surface area contributed by atoms with Crippen LogP contribution in [0.15, 0.2) is 146 Å². The fourth-order valence-electron chi connectivity index (χ4n) is 7.91. The molecule has 2 aliphatic carbocycles. The summed E-state index contributed by atoms with van der Waals surface area (Å²) in [6, 6.07) is 34.4. The fraction of sp³-hybridized carbons (Fsp3) is 0.229. The standard InChI is InChI=1S/C48H47N3O/c1-6-50(44-21-11-10-14-33(44)2)39-19-13-20-40(31-39)52-41-23-24-42-43-29-37(36-18-12-17-35(28-36)34-15-8-7-9-16-34)22-25-45(43)51(46(42)32-41)47-30-38(26-27-49-47)48(3,4)5/h6-8,10-11,13-15,19-32,35H,1,9,12,16-18H2,2-5H3. The van der Waals surface area contributed by atoms with Crippen molar-refractivity contribution in [3.8, 4) is 17.3 Å². The summed E-state index contributed by atoms with van der Waals surface area (Å²) >= 11 is 0. The summed E-state index contributed by atoms with van der Waals surface area (Å²) in [5, 5.41) is 2.41. The van der Waals surface area contributed by atoms with Crippen LogP contribution in [0.5, 0.6) is 11.5 Å². The molecule has 6 aromatic rings. The van der Waals surface area contributed by atoms with Crippen LogP contribution in [0.3, 0.4) is 0 Å². The first-order chi connectivity index (χ1) is 25.3. The predicted molar refractivity (Wildman–Crippen MR) is 219 cm³/mol. The van der Waals surface area contributed by atoms with E-state index in [9.17, 15) is 0 Å². The highest BCUT2D eigenvalue weighted by atomic mass is 16.5. The van der Waals surface area contributed by atoms with E-state index in [4.69, 9.17) is 9.72 Å². The topological polar surface area (TPSA) is 30.3 Å². The third-order valence-corrected chi connectivity index (χ3v) is 10.7. The second-order valence-electron chi connectivity index (χ2n) is 15.2. The van der Waals surface area contributed by atoms with Gasteiger partial charge in [0.15, 0.2) is 0 Å². The van der Waals surface area contributed by atoms with Crippen molar-refractivity contribution >= 4 is 38.8 Å². The zero-order valence-electron chi connectivity index (χ0n) is 30.8. The number of para-hydroxylation sites is 1. The van der Waals surface area contributed by atoms with E-state index in [-0.39, 0.29) is 5.41 Å². The minimum Gasteiger partial charge on any atom is -0.457 e. The molecule has 2 heterocycles. The number of aromatic nitrogens is 2. The van der Waals surface area contributed by atoms with E-state index >= 15 is 0 Å². The predicted octanol–water partition coefficient (Wildman–Crippen LogP) is 13.3. The Hall–Kier alpha value is -5.61. The molecule has 2 aliphatic rings. The lowest BCUT2D eigenvalue weighted by molar-refractivity contribution is 0.483. The molecule has 1 unspecified atom stereocenters. The zero-order valence-corrected chi connectivity index (χ0v) is 30.8. The molecule has 0 amide bonds. The summed E-state index contributed by atoms with van der Waals surface area (Å²) in [6.45, 7) is 13.0. The second kappa shape index (κ2) is 13.8. The number of hydrogen-bond acceptors (Lipinski definition) is 3. The third-order valence-electron chi connectivity index (χ3n) is 10.7. The lowest BCUT2D eigenvalue weighted by Gasteiger charge is -2.25. The van der Waals surface area contributed by atoms with Crippen molar-refractivity contribution in [2.75, 3.05) is 4.90 Å². The van der Waals surface area contributed by atoms with Crippen LogP contribution in [0.1, 0.15) is 69.6 Å². The van der Waals surface area contributed by atoms with E-state index < -0.39 is 0 Å². The second-order valence-corrected chi connectivity index (χ2v) is 15.2. The molecule has 0 aliphatic heterocycles. The molecule has 0 bridgehead atoms. The molecule has 0 spiro atoms. The van der Waals surface area contributed by atoms with Crippen LogP contribution in [0.2, 0.25) is 0 Å². The number of benzene rings is 4. The van der Waals surface area contributed by atoms with E-state index in [0.717, 1.165) is 52.6 Å². The van der Waals surface area contributed by atoms with E-state index in [1.807, 2.05) is 24.5 Å². The zero-order chi connectivity index (χ0) is 35.8. The van der Waals surface area contributed by atoms with Gasteiger partial charge < -0.3 is 9.64 Å². The molecule has 0 radical (unpaired) electrons. The first kappa shape index (κ1) is 33.5. The highest BCUT2D eigenvalue weighted by Crippen LogP contribution is 2.41. The number of fused-ring (bicyclic) bond motifs is 3. The average Bonchev–Trinajstić information content (AvgIpc) is 3.49. The van der Waals surface area contributed by atoms with Gasteiger partial charge in [-0.05, 0) is 127 Å². The highest BCUT2D eigenvalue weighted by molar-refractivity contribution is 6.10. The molecule has 4 nitrogen and oxygen atoms in total. The molecule has 4 heteroatoms. The molecule has 4 aromatic carbocycles. The quantitative estimate of drug-likeness (QED) is 0.160. The number of aryl methyl sites for hydroxylation is 1. The molecule has 0 saturated heterocycles. The lowest BCUT2D eigenvalue weighted by atomic mass is 9.80. The third kappa shape index (κ3) is 6.50. The largest absolute Gasteiger partial charge is 0.457 e. The molecule has 52 heavy (non-hydrogen) atoms. The first-order valence-corrected chi connectivity index (χ1v) is 18.6. The van der Waals surface area contributed by atoms with Gasteiger partial charge in [0.1, 0.15) is 17.3 Å². The maximum atomic E-state index is 6.63. The minimum atomic E-state index is -0.00587. The molecule has 1 atom stereocenters. The smallest absolute Gasteiger partial charge is 0.137 e. The van der Waals surface area contributed by atoms with Crippen LogP contribution < -0.4 is 9.64 Å². The molecular weight excluding hydrogens is 635 g/mol. The van der Waals surface area contributed by atoms with E-state index in [1.165, 1.54) is 52.3 Å². The lowest BCUT2D eigenvalue weighted by Crippen LogP contribution is -2.12. The van der Waals surface area contributed by atoms with Crippen LogP contribution in [-0.2, 0) is 5.41 Å².